The van der Waals surface area contributed by atoms with E-state index in [1.165, 1.54) is 0 Å². The summed E-state index contributed by atoms with van der Waals surface area (Å²) in [5.74, 6) is 2.69. The summed E-state index contributed by atoms with van der Waals surface area (Å²) in [5.41, 5.74) is 6.36. The Morgan fingerprint density at radius 3 is 2.21 bits per heavy atom. The summed E-state index contributed by atoms with van der Waals surface area (Å²) in [6.45, 7) is 0. The highest BCUT2D eigenvalue weighted by molar-refractivity contribution is 9.10. The second-order valence-corrected chi connectivity index (χ2v) is 4.69. The molecule has 0 radical (unpaired) electrons. The number of rotatable bonds is 4. The normalized spacial score (nSPS) is 10.1. The van der Waals surface area contributed by atoms with Gasteiger partial charge in [0, 0.05) is 23.9 Å². The predicted octanol–water partition coefficient (Wildman–Crippen LogP) is 3.84. The molecule has 2 rings (SSSR count). The van der Waals surface area contributed by atoms with Gasteiger partial charge < -0.3 is 19.9 Å². The SMILES string of the molecule is COc1cc(N)cc(Oc2ccc(OC)cc2Br)c1. The zero-order valence-electron chi connectivity index (χ0n) is 10.6. The number of benzene rings is 2. The third-order valence-electron chi connectivity index (χ3n) is 2.50. The van der Waals surface area contributed by atoms with Crippen molar-refractivity contribution in [1.29, 1.82) is 0 Å². The number of nitrogens with two attached hydrogens (primary N) is 1. The van der Waals surface area contributed by atoms with Crippen LogP contribution in [0, 0.1) is 0 Å². The fourth-order valence-electron chi connectivity index (χ4n) is 1.59. The van der Waals surface area contributed by atoms with Gasteiger partial charge in [0.1, 0.15) is 23.0 Å². The molecule has 4 nitrogen and oxygen atoms in total. The van der Waals surface area contributed by atoms with E-state index in [1.54, 1.807) is 32.4 Å². The lowest BCUT2D eigenvalue weighted by atomic mass is 10.3. The molecule has 2 aromatic rings. The van der Waals surface area contributed by atoms with Gasteiger partial charge in [-0.1, -0.05) is 0 Å². The van der Waals surface area contributed by atoms with Gasteiger partial charge >= 0.3 is 0 Å². The molecule has 2 aromatic carbocycles. The van der Waals surface area contributed by atoms with Gasteiger partial charge in [0.05, 0.1) is 18.7 Å². The molecule has 0 unspecified atom stereocenters. The highest BCUT2D eigenvalue weighted by atomic mass is 79.9. The first-order valence-electron chi connectivity index (χ1n) is 5.58. The van der Waals surface area contributed by atoms with Gasteiger partial charge in [-0.3, -0.25) is 0 Å². The summed E-state index contributed by atoms with van der Waals surface area (Å²) in [6, 6.07) is 10.7. The van der Waals surface area contributed by atoms with Gasteiger partial charge in [0.2, 0.25) is 0 Å². The van der Waals surface area contributed by atoms with Crippen molar-refractivity contribution < 1.29 is 14.2 Å². The summed E-state index contributed by atoms with van der Waals surface area (Å²) < 4.78 is 16.8. The Morgan fingerprint density at radius 2 is 1.58 bits per heavy atom. The van der Waals surface area contributed by atoms with E-state index in [1.807, 2.05) is 18.2 Å². The van der Waals surface area contributed by atoms with E-state index in [0.717, 1.165) is 10.2 Å². The first kappa shape index (κ1) is 13.5. The van der Waals surface area contributed by atoms with Gasteiger partial charge in [0.25, 0.3) is 0 Å². The van der Waals surface area contributed by atoms with Crippen LogP contribution in [0.1, 0.15) is 0 Å². The Hall–Kier alpha value is -1.88. The monoisotopic (exact) mass is 323 g/mol. The molecular weight excluding hydrogens is 310 g/mol. The largest absolute Gasteiger partial charge is 0.497 e. The molecule has 19 heavy (non-hydrogen) atoms. The predicted molar refractivity (Wildman–Crippen MR) is 78.2 cm³/mol. The topological polar surface area (TPSA) is 53.7 Å². The fourth-order valence-corrected chi connectivity index (χ4v) is 2.03. The molecule has 0 aromatic heterocycles. The molecule has 100 valence electrons. The van der Waals surface area contributed by atoms with Gasteiger partial charge in [-0.25, -0.2) is 0 Å². The third kappa shape index (κ3) is 3.32. The zero-order valence-corrected chi connectivity index (χ0v) is 12.2. The van der Waals surface area contributed by atoms with Gasteiger partial charge in [-0.15, -0.1) is 0 Å². The number of ether oxygens (including phenoxy) is 3. The second-order valence-electron chi connectivity index (χ2n) is 3.84. The summed E-state index contributed by atoms with van der Waals surface area (Å²) >= 11 is 3.43. The van der Waals surface area contributed by atoms with Crippen LogP contribution in [0.2, 0.25) is 0 Å². The Balaban J connectivity index is 2.28. The molecule has 0 aliphatic heterocycles. The molecule has 0 spiro atoms. The molecular formula is C14H14BrNO3. The van der Waals surface area contributed by atoms with E-state index in [9.17, 15) is 0 Å². The Morgan fingerprint density at radius 1 is 0.895 bits per heavy atom. The molecule has 0 aliphatic rings. The maximum Gasteiger partial charge on any atom is 0.141 e. The van der Waals surface area contributed by atoms with E-state index in [-0.39, 0.29) is 0 Å². The number of hydrogen-bond donors (Lipinski definition) is 1. The Kier molecular flexibility index (Phi) is 4.16. The van der Waals surface area contributed by atoms with Crippen LogP contribution in [0.5, 0.6) is 23.0 Å². The zero-order chi connectivity index (χ0) is 13.8. The molecule has 0 aliphatic carbocycles. The van der Waals surface area contributed by atoms with E-state index in [2.05, 4.69) is 15.9 Å². The van der Waals surface area contributed by atoms with Crippen molar-refractivity contribution in [1.82, 2.24) is 0 Å². The maximum absolute atomic E-state index is 5.78. The van der Waals surface area contributed by atoms with E-state index in [4.69, 9.17) is 19.9 Å². The van der Waals surface area contributed by atoms with Crippen LogP contribution < -0.4 is 19.9 Å². The number of hydrogen-bond acceptors (Lipinski definition) is 4. The average molecular weight is 324 g/mol. The number of methoxy groups -OCH3 is 2. The van der Waals surface area contributed by atoms with Crippen molar-refractivity contribution in [3.63, 3.8) is 0 Å². The Labute approximate surface area is 120 Å². The molecule has 0 saturated heterocycles. The minimum atomic E-state index is 0.582. The highest BCUT2D eigenvalue weighted by Crippen LogP contribution is 2.34. The quantitative estimate of drug-likeness (QED) is 0.868. The van der Waals surface area contributed by atoms with Crippen LogP contribution in [0.4, 0.5) is 5.69 Å². The van der Waals surface area contributed by atoms with Crippen LogP contribution in [-0.2, 0) is 0 Å². The van der Waals surface area contributed by atoms with Crippen molar-refractivity contribution in [3.05, 3.63) is 40.9 Å². The summed E-state index contributed by atoms with van der Waals surface area (Å²) in [4.78, 5) is 0. The summed E-state index contributed by atoms with van der Waals surface area (Å²) in [6.07, 6.45) is 0. The maximum atomic E-state index is 5.78. The lowest BCUT2D eigenvalue weighted by molar-refractivity contribution is 0.407. The van der Waals surface area contributed by atoms with Crippen molar-refractivity contribution in [2.24, 2.45) is 0 Å². The minimum Gasteiger partial charge on any atom is -0.497 e. The first-order chi connectivity index (χ1) is 9.12. The molecule has 0 bridgehead atoms. The smallest absolute Gasteiger partial charge is 0.141 e. The van der Waals surface area contributed by atoms with Crippen LogP contribution in [0.3, 0.4) is 0 Å². The van der Waals surface area contributed by atoms with Crippen molar-refractivity contribution in [3.8, 4) is 23.0 Å². The molecule has 0 amide bonds. The molecule has 0 saturated carbocycles. The summed E-state index contributed by atoms with van der Waals surface area (Å²) in [5, 5.41) is 0. The van der Waals surface area contributed by atoms with Crippen molar-refractivity contribution in [2.45, 2.75) is 0 Å². The van der Waals surface area contributed by atoms with Crippen molar-refractivity contribution in [2.75, 3.05) is 20.0 Å². The molecule has 5 heteroatoms. The standard InChI is InChI=1S/C14H14BrNO3/c1-17-10-3-4-14(13(15)8-10)19-12-6-9(16)5-11(7-12)18-2/h3-8H,16H2,1-2H3. The van der Waals surface area contributed by atoms with Gasteiger partial charge in [-0.2, -0.15) is 0 Å². The highest BCUT2D eigenvalue weighted by Gasteiger charge is 2.06. The molecule has 0 heterocycles. The number of nitrogen functional groups attached to an aromatic ring is 1. The van der Waals surface area contributed by atoms with E-state index >= 15 is 0 Å². The van der Waals surface area contributed by atoms with Gasteiger partial charge in [0.15, 0.2) is 0 Å². The molecule has 0 atom stereocenters. The van der Waals surface area contributed by atoms with Crippen molar-refractivity contribution >= 4 is 21.6 Å². The van der Waals surface area contributed by atoms with Crippen LogP contribution in [0.15, 0.2) is 40.9 Å². The number of halogens is 1. The lowest BCUT2D eigenvalue weighted by Gasteiger charge is -2.11. The molecule has 0 fully saturated rings. The number of anilines is 1. The average Bonchev–Trinajstić information content (AvgIpc) is 2.40. The van der Waals surface area contributed by atoms with Gasteiger partial charge in [-0.05, 0) is 34.1 Å². The van der Waals surface area contributed by atoms with Crippen LogP contribution >= 0.6 is 15.9 Å². The molecule has 2 N–H and O–H groups in total. The summed E-state index contributed by atoms with van der Waals surface area (Å²) in [7, 11) is 3.20. The van der Waals surface area contributed by atoms with Crippen LogP contribution in [-0.4, -0.2) is 14.2 Å². The minimum absolute atomic E-state index is 0.582. The third-order valence-corrected chi connectivity index (χ3v) is 3.12. The second kappa shape index (κ2) is 5.84. The first-order valence-corrected chi connectivity index (χ1v) is 6.37. The van der Waals surface area contributed by atoms with E-state index < -0.39 is 0 Å². The van der Waals surface area contributed by atoms with E-state index in [0.29, 0.717) is 22.9 Å². The lowest BCUT2D eigenvalue weighted by Crippen LogP contribution is -1.92. The fraction of sp³-hybridized carbons (Fsp3) is 0.143. The van der Waals surface area contributed by atoms with Crippen LogP contribution in [0.25, 0.3) is 0 Å². The Bertz CT molecular complexity index is 587.